The minimum absolute atomic E-state index is 0.177. The van der Waals surface area contributed by atoms with Gasteiger partial charge in [-0.3, -0.25) is 4.79 Å². The number of hydrogen-bond donors (Lipinski definition) is 2. The van der Waals surface area contributed by atoms with Crippen LogP contribution in [-0.2, 0) is 4.74 Å². The van der Waals surface area contributed by atoms with Gasteiger partial charge in [-0.2, -0.15) is 0 Å². The van der Waals surface area contributed by atoms with Crippen LogP contribution in [0, 0.1) is 0 Å². The number of benzene rings is 1. The Balaban J connectivity index is 1.46. The largest absolute Gasteiger partial charge is 0.465 e. The molecule has 1 saturated carbocycles. The van der Waals surface area contributed by atoms with Gasteiger partial charge in [-0.15, -0.1) is 0 Å². The van der Waals surface area contributed by atoms with Gasteiger partial charge in [0.2, 0.25) is 0 Å². The number of carbonyl (C=O) groups is 2. The summed E-state index contributed by atoms with van der Waals surface area (Å²) in [5.74, 6) is -0.454. The Morgan fingerprint density at radius 2 is 2.00 bits per heavy atom. The van der Waals surface area contributed by atoms with Gasteiger partial charge in [0.25, 0.3) is 5.91 Å². The second-order valence-corrected chi connectivity index (χ2v) is 6.79. The maximum Gasteiger partial charge on any atom is 0.340 e. The van der Waals surface area contributed by atoms with Crippen molar-refractivity contribution in [3.8, 4) is 0 Å². The van der Waals surface area contributed by atoms with Gasteiger partial charge in [0.1, 0.15) is 5.52 Å². The van der Waals surface area contributed by atoms with Crippen molar-refractivity contribution in [3.05, 3.63) is 29.6 Å². The minimum atomic E-state index is -0.462. The van der Waals surface area contributed by atoms with E-state index >= 15 is 0 Å². The lowest BCUT2D eigenvalue weighted by Crippen LogP contribution is -2.45. The molecule has 132 valence electrons. The molecule has 1 amide bonds. The topological polar surface area (TPSA) is 87.3 Å². The first-order valence-electron chi connectivity index (χ1n) is 8.77. The van der Waals surface area contributed by atoms with E-state index in [1.807, 2.05) is 0 Å². The molecule has 0 bridgehead atoms. The smallest absolute Gasteiger partial charge is 0.340 e. The number of para-hydroxylation sites is 1. The molecule has 7 heteroatoms. The van der Waals surface area contributed by atoms with Crippen LogP contribution in [0.3, 0.4) is 0 Å². The number of aromatic nitrogens is 2. The summed E-state index contributed by atoms with van der Waals surface area (Å²) in [5.41, 5.74) is 1.47. The van der Waals surface area contributed by atoms with Gasteiger partial charge in [-0.25, -0.2) is 9.78 Å². The normalized spacial score (nSPS) is 19.1. The molecule has 2 aromatic rings. The van der Waals surface area contributed by atoms with Gasteiger partial charge in [-0.1, -0.05) is 6.07 Å². The molecule has 0 radical (unpaired) electrons. The summed E-state index contributed by atoms with van der Waals surface area (Å²) in [6.07, 6.45) is 4.57. The first-order chi connectivity index (χ1) is 12.2. The molecule has 0 spiro atoms. The molecule has 1 saturated heterocycles. The third-order valence-corrected chi connectivity index (χ3v) is 5.06. The number of aromatic amines is 1. The van der Waals surface area contributed by atoms with E-state index in [-0.39, 0.29) is 17.8 Å². The second kappa shape index (κ2) is 6.48. The molecule has 2 fully saturated rings. The summed E-state index contributed by atoms with van der Waals surface area (Å²) in [5, 5.41) is 3.06. The maximum absolute atomic E-state index is 12.5. The van der Waals surface area contributed by atoms with Gasteiger partial charge in [0, 0.05) is 25.2 Å². The summed E-state index contributed by atoms with van der Waals surface area (Å²) in [6.45, 7) is 2.09. The highest BCUT2D eigenvalue weighted by Gasteiger charge is 2.32. The highest BCUT2D eigenvalue weighted by Crippen LogP contribution is 2.29. The number of nitrogens with zero attached hydrogens (tertiary/aromatic N) is 2. The van der Waals surface area contributed by atoms with Crippen LogP contribution in [0.1, 0.15) is 46.7 Å². The fourth-order valence-corrected chi connectivity index (χ4v) is 3.52. The number of ether oxygens (including phenoxy) is 1. The highest BCUT2D eigenvalue weighted by atomic mass is 16.5. The predicted molar refractivity (Wildman–Crippen MR) is 92.5 cm³/mol. The van der Waals surface area contributed by atoms with Gasteiger partial charge in [0.05, 0.1) is 18.2 Å². The molecule has 0 atom stereocenters. The molecule has 2 aliphatic rings. The lowest BCUT2D eigenvalue weighted by molar-refractivity contribution is 0.0602. The molecule has 4 rings (SSSR count). The fraction of sp³-hybridized carbons (Fsp3) is 0.500. The Labute approximate surface area is 145 Å². The number of hydrogen-bond acceptors (Lipinski definition) is 5. The number of likely N-dealkylation sites (tertiary alicyclic amines) is 1. The number of nitrogens with one attached hydrogen (secondary N) is 2. The van der Waals surface area contributed by atoms with E-state index in [4.69, 9.17) is 4.74 Å². The summed E-state index contributed by atoms with van der Waals surface area (Å²) >= 11 is 0. The number of imidazole rings is 1. The quantitative estimate of drug-likeness (QED) is 0.826. The number of carbonyl (C=O) groups excluding carboxylic acids is 2. The van der Waals surface area contributed by atoms with Gasteiger partial charge in [0.15, 0.2) is 5.82 Å². The second-order valence-electron chi connectivity index (χ2n) is 6.79. The number of esters is 1. The molecular formula is C18H22N4O3. The third kappa shape index (κ3) is 3.24. The third-order valence-electron chi connectivity index (χ3n) is 5.06. The van der Waals surface area contributed by atoms with Gasteiger partial charge < -0.3 is 19.9 Å². The summed E-state index contributed by atoms with van der Waals surface area (Å²) in [4.78, 5) is 34.2. The molecule has 2 heterocycles. The number of piperidine rings is 1. The van der Waals surface area contributed by atoms with E-state index in [0.717, 1.165) is 32.0 Å². The number of amides is 1. The Hall–Kier alpha value is -2.41. The van der Waals surface area contributed by atoms with Crippen molar-refractivity contribution in [2.75, 3.05) is 20.2 Å². The van der Waals surface area contributed by atoms with Crippen LogP contribution in [0.15, 0.2) is 18.2 Å². The van der Waals surface area contributed by atoms with Crippen LogP contribution >= 0.6 is 0 Å². The zero-order valence-corrected chi connectivity index (χ0v) is 14.2. The Morgan fingerprint density at radius 3 is 2.68 bits per heavy atom. The molecule has 1 aliphatic carbocycles. The molecule has 1 aromatic carbocycles. The van der Waals surface area contributed by atoms with Crippen LogP contribution in [0.2, 0.25) is 0 Å². The summed E-state index contributed by atoms with van der Waals surface area (Å²) in [6, 6.07) is 6.13. The SMILES string of the molecule is COC(=O)c1cccc2[nH]c(C(=O)NC3CCN(C4CC4)CC3)nc12. The van der Waals surface area contributed by atoms with Crippen molar-refractivity contribution in [1.29, 1.82) is 0 Å². The summed E-state index contributed by atoms with van der Waals surface area (Å²) < 4.78 is 4.77. The lowest BCUT2D eigenvalue weighted by atomic mass is 10.0. The Bertz CT molecular complexity index is 804. The summed E-state index contributed by atoms with van der Waals surface area (Å²) in [7, 11) is 1.33. The molecule has 0 unspecified atom stereocenters. The standard InChI is InChI=1S/C18H22N4O3/c1-25-18(24)13-3-2-4-14-15(13)21-16(20-14)17(23)19-11-7-9-22(10-8-11)12-5-6-12/h2-4,11-12H,5-10H2,1H3,(H,19,23)(H,20,21). The van der Waals surface area contributed by atoms with Crippen molar-refractivity contribution >= 4 is 22.9 Å². The van der Waals surface area contributed by atoms with Crippen LogP contribution in [-0.4, -0.2) is 59.0 Å². The van der Waals surface area contributed by atoms with Gasteiger partial charge >= 0.3 is 5.97 Å². The molecular weight excluding hydrogens is 320 g/mol. The van der Waals surface area contributed by atoms with Crippen LogP contribution < -0.4 is 5.32 Å². The molecule has 2 N–H and O–H groups in total. The average Bonchev–Trinajstić information content (AvgIpc) is 3.39. The maximum atomic E-state index is 12.5. The van der Waals surface area contributed by atoms with E-state index in [1.54, 1.807) is 18.2 Å². The monoisotopic (exact) mass is 342 g/mol. The number of fused-ring (bicyclic) bond motifs is 1. The first-order valence-corrected chi connectivity index (χ1v) is 8.77. The first kappa shape index (κ1) is 16.1. The van der Waals surface area contributed by atoms with E-state index < -0.39 is 5.97 Å². The molecule has 1 aromatic heterocycles. The van der Waals surface area contributed by atoms with Crippen molar-refractivity contribution in [2.45, 2.75) is 37.8 Å². The fourth-order valence-electron chi connectivity index (χ4n) is 3.52. The van der Waals surface area contributed by atoms with E-state index in [9.17, 15) is 9.59 Å². The molecule has 7 nitrogen and oxygen atoms in total. The molecule has 25 heavy (non-hydrogen) atoms. The van der Waals surface area contributed by atoms with E-state index in [0.29, 0.717) is 16.6 Å². The van der Waals surface area contributed by atoms with Crippen LogP contribution in [0.5, 0.6) is 0 Å². The Morgan fingerprint density at radius 1 is 1.24 bits per heavy atom. The highest BCUT2D eigenvalue weighted by molar-refractivity contribution is 6.04. The Kier molecular flexibility index (Phi) is 4.17. The number of H-pyrrole nitrogens is 1. The number of rotatable bonds is 4. The van der Waals surface area contributed by atoms with E-state index in [1.165, 1.54) is 20.0 Å². The minimum Gasteiger partial charge on any atom is -0.465 e. The van der Waals surface area contributed by atoms with Crippen molar-refractivity contribution in [3.63, 3.8) is 0 Å². The van der Waals surface area contributed by atoms with Gasteiger partial charge in [-0.05, 0) is 37.8 Å². The average molecular weight is 342 g/mol. The zero-order chi connectivity index (χ0) is 17.4. The van der Waals surface area contributed by atoms with Crippen molar-refractivity contribution in [2.24, 2.45) is 0 Å². The van der Waals surface area contributed by atoms with E-state index in [2.05, 4.69) is 20.2 Å². The molecule has 1 aliphatic heterocycles. The van der Waals surface area contributed by atoms with Crippen LogP contribution in [0.4, 0.5) is 0 Å². The predicted octanol–water partition coefficient (Wildman–Crippen LogP) is 1.71. The van der Waals surface area contributed by atoms with Crippen molar-refractivity contribution in [1.82, 2.24) is 20.2 Å². The number of methoxy groups -OCH3 is 1. The van der Waals surface area contributed by atoms with Crippen LogP contribution in [0.25, 0.3) is 11.0 Å². The van der Waals surface area contributed by atoms with Crippen molar-refractivity contribution < 1.29 is 14.3 Å². The lowest BCUT2D eigenvalue weighted by Gasteiger charge is -2.32. The zero-order valence-electron chi connectivity index (χ0n) is 14.2.